The van der Waals surface area contributed by atoms with Crippen LogP contribution in [0, 0.1) is 5.82 Å². The second-order valence-electron chi connectivity index (χ2n) is 9.15. The zero-order chi connectivity index (χ0) is 24.2. The van der Waals surface area contributed by atoms with E-state index in [1.54, 1.807) is 18.2 Å². The summed E-state index contributed by atoms with van der Waals surface area (Å²) in [5.41, 5.74) is 0.712. The first-order valence-corrected chi connectivity index (χ1v) is 12.4. The van der Waals surface area contributed by atoms with E-state index >= 15 is 4.39 Å². The molecule has 2 atom stereocenters. The molecule has 0 radical (unpaired) electrons. The molecule has 2 unspecified atom stereocenters. The Bertz CT molecular complexity index is 1380. The molecule has 0 spiro atoms. The van der Waals surface area contributed by atoms with Crippen LogP contribution in [0.4, 0.5) is 34.8 Å². The predicted molar refractivity (Wildman–Crippen MR) is 131 cm³/mol. The zero-order valence-electron chi connectivity index (χ0n) is 18.6. The molecule has 9 heteroatoms. The number of alkyl halides is 3. The molecule has 2 aromatic carbocycles. The van der Waals surface area contributed by atoms with Crippen LogP contribution in [-0.2, 0) is 6.18 Å². The summed E-state index contributed by atoms with van der Waals surface area (Å²) in [5, 5.41) is 3.93. The van der Waals surface area contributed by atoms with Gasteiger partial charge >= 0.3 is 6.18 Å². The quantitative estimate of drug-likeness (QED) is 0.292. The molecule has 2 aromatic heterocycles. The van der Waals surface area contributed by atoms with E-state index in [0.717, 1.165) is 37.1 Å². The number of nitrogens with zero attached hydrogens (tertiary/aromatic N) is 3. The molecule has 0 amide bonds. The van der Waals surface area contributed by atoms with E-state index in [4.69, 9.17) is 0 Å². The Hall–Kier alpha value is -3.20. The maximum absolute atomic E-state index is 15.1. The normalized spacial score (nSPS) is 19.9. The van der Waals surface area contributed by atoms with Gasteiger partial charge in [-0.25, -0.2) is 4.39 Å². The smallest absolute Gasteiger partial charge is 0.363 e. The van der Waals surface area contributed by atoms with Gasteiger partial charge in [0.2, 0.25) is 0 Å². The standard InChI is InChI=1S/C26H22F4N4S/c27-21-14-16(7-11-22(21)34-17-3-1-4-18(34)9-8-17)32-25-19-10-6-15(13-23(19)35-33-25)24-20(26(28,29)30)5-2-12-31-24/h2,5-7,10-14,17-18H,1,3-4,8-9H2,(H,32,33). The van der Waals surface area contributed by atoms with Gasteiger partial charge in [-0.1, -0.05) is 6.07 Å². The summed E-state index contributed by atoms with van der Waals surface area (Å²) in [4.78, 5) is 6.23. The molecule has 2 bridgehead atoms. The first-order valence-electron chi connectivity index (χ1n) is 11.7. The molecule has 2 fully saturated rings. The van der Waals surface area contributed by atoms with Crippen molar-refractivity contribution < 1.29 is 17.6 Å². The summed E-state index contributed by atoms with van der Waals surface area (Å²) in [7, 11) is 0. The highest BCUT2D eigenvalue weighted by Crippen LogP contribution is 2.41. The van der Waals surface area contributed by atoms with Gasteiger partial charge in [0.25, 0.3) is 0 Å². The number of rotatable bonds is 4. The highest BCUT2D eigenvalue weighted by Gasteiger charge is 2.37. The Morgan fingerprint density at radius 1 is 0.971 bits per heavy atom. The Labute approximate surface area is 203 Å². The molecule has 1 N–H and O–H groups in total. The summed E-state index contributed by atoms with van der Waals surface area (Å²) in [6.45, 7) is 0. The average molecular weight is 499 g/mol. The van der Waals surface area contributed by atoms with Crippen LogP contribution < -0.4 is 10.2 Å². The van der Waals surface area contributed by atoms with Crippen molar-refractivity contribution in [2.24, 2.45) is 0 Å². The van der Waals surface area contributed by atoms with Crippen molar-refractivity contribution in [3.8, 4) is 11.3 Å². The zero-order valence-corrected chi connectivity index (χ0v) is 19.5. The van der Waals surface area contributed by atoms with Crippen molar-refractivity contribution in [2.45, 2.75) is 50.4 Å². The van der Waals surface area contributed by atoms with E-state index in [1.165, 1.54) is 36.3 Å². The topological polar surface area (TPSA) is 41.1 Å². The van der Waals surface area contributed by atoms with E-state index in [-0.39, 0.29) is 11.5 Å². The Balaban J connectivity index is 1.27. The van der Waals surface area contributed by atoms with Gasteiger partial charge < -0.3 is 10.2 Å². The van der Waals surface area contributed by atoms with Gasteiger partial charge in [0.05, 0.1) is 21.6 Å². The third-order valence-corrected chi connectivity index (χ3v) is 7.85. The highest BCUT2D eigenvalue weighted by molar-refractivity contribution is 7.13. The monoisotopic (exact) mass is 498 g/mol. The lowest BCUT2D eigenvalue weighted by Crippen LogP contribution is -2.40. The van der Waals surface area contributed by atoms with Crippen molar-refractivity contribution in [1.29, 1.82) is 0 Å². The summed E-state index contributed by atoms with van der Waals surface area (Å²) in [6, 6.07) is 13.3. The number of hydrogen-bond donors (Lipinski definition) is 1. The molecule has 35 heavy (non-hydrogen) atoms. The molecule has 6 rings (SSSR count). The van der Waals surface area contributed by atoms with Gasteiger partial charge in [-0.3, -0.25) is 4.98 Å². The van der Waals surface area contributed by atoms with Crippen molar-refractivity contribution >= 4 is 38.8 Å². The van der Waals surface area contributed by atoms with Crippen molar-refractivity contribution in [3.05, 3.63) is 66.1 Å². The second kappa shape index (κ2) is 8.48. The van der Waals surface area contributed by atoms with Gasteiger partial charge in [-0.2, -0.15) is 17.5 Å². The van der Waals surface area contributed by atoms with Gasteiger partial charge in [0.1, 0.15) is 5.82 Å². The Morgan fingerprint density at radius 2 is 1.77 bits per heavy atom. The maximum Gasteiger partial charge on any atom is 0.418 e. The van der Waals surface area contributed by atoms with Gasteiger partial charge in [-0.05, 0) is 86.1 Å². The average Bonchev–Trinajstić information content (AvgIpc) is 3.34. The van der Waals surface area contributed by atoms with Gasteiger partial charge in [0.15, 0.2) is 5.82 Å². The predicted octanol–water partition coefficient (Wildman–Crippen LogP) is 7.78. The second-order valence-corrected chi connectivity index (χ2v) is 9.96. The van der Waals surface area contributed by atoms with E-state index in [9.17, 15) is 13.2 Å². The van der Waals surface area contributed by atoms with E-state index in [2.05, 4.69) is 19.6 Å². The molecule has 0 aliphatic carbocycles. The number of fused-ring (bicyclic) bond motifs is 3. The fourth-order valence-corrected chi connectivity index (χ4v) is 6.26. The summed E-state index contributed by atoms with van der Waals surface area (Å²) in [6.07, 6.45) is 2.55. The largest absolute Gasteiger partial charge is 0.418 e. The molecule has 0 saturated carbocycles. The molecule has 180 valence electrons. The Kier molecular flexibility index (Phi) is 5.40. The lowest BCUT2D eigenvalue weighted by molar-refractivity contribution is -0.137. The van der Waals surface area contributed by atoms with Crippen molar-refractivity contribution in [2.75, 3.05) is 10.2 Å². The molecule has 4 nitrogen and oxygen atoms in total. The number of benzene rings is 2. The number of halogens is 4. The van der Waals surface area contributed by atoms with Crippen LogP contribution in [0.5, 0.6) is 0 Å². The lowest BCUT2D eigenvalue weighted by atomic mass is 10.0. The lowest BCUT2D eigenvalue weighted by Gasteiger charge is -2.37. The van der Waals surface area contributed by atoms with Crippen LogP contribution in [0.1, 0.15) is 37.7 Å². The molecular weight excluding hydrogens is 476 g/mol. The van der Waals surface area contributed by atoms with Crippen LogP contribution in [0.2, 0.25) is 0 Å². The molecular formula is C26H22F4N4S. The van der Waals surface area contributed by atoms with Crippen LogP contribution in [0.3, 0.4) is 0 Å². The first kappa shape index (κ1) is 22.3. The molecule has 2 aliphatic heterocycles. The minimum atomic E-state index is -4.50. The van der Waals surface area contributed by atoms with E-state index in [1.807, 2.05) is 12.1 Å². The molecule has 2 aliphatic rings. The highest BCUT2D eigenvalue weighted by atomic mass is 32.1. The number of hydrogen-bond acceptors (Lipinski definition) is 5. The van der Waals surface area contributed by atoms with E-state index in [0.29, 0.717) is 39.5 Å². The summed E-state index contributed by atoms with van der Waals surface area (Å²) < 4.78 is 60.6. The Morgan fingerprint density at radius 3 is 2.51 bits per heavy atom. The molecule has 4 heterocycles. The summed E-state index contributed by atoms with van der Waals surface area (Å²) >= 11 is 1.17. The number of nitrogens with one attached hydrogen (secondary N) is 1. The minimum absolute atomic E-state index is 0.117. The number of pyridine rings is 1. The van der Waals surface area contributed by atoms with E-state index < -0.39 is 11.7 Å². The molecule has 2 saturated heterocycles. The number of piperidine rings is 1. The molecule has 4 aromatic rings. The fraction of sp³-hybridized carbons (Fsp3) is 0.308. The van der Waals surface area contributed by atoms with Crippen LogP contribution in [-0.4, -0.2) is 21.4 Å². The van der Waals surface area contributed by atoms with Gasteiger partial charge in [0, 0.05) is 34.9 Å². The first-order chi connectivity index (χ1) is 16.9. The number of aromatic nitrogens is 2. The minimum Gasteiger partial charge on any atom is -0.363 e. The van der Waals surface area contributed by atoms with Gasteiger partial charge in [-0.15, -0.1) is 0 Å². The third kappa shape index (κ3) is 4.01. The van der Waals surface area contributed by atoms with Crippen LogP contribution in [0.15, 0.2) is 54.7 Å². The third-order valence-electron chi connectivity index (χ3n) is 7.04. The van der Waals surface area contributed by atoms with Crippen LogP contribution >= 0.6 is 11.5 Å². The van der Waals surface area contributed by atoms with Crippen molar-refractivity contribution in [1.82, 2.24) is 9.36 Å². The van der Waals surface area contributed by atoms with Crippen LogP contribution in [0.25, 0.3) is 21.3 Å². The van der Waals surface area contributed by atoms with Crippen molar-refractivity contribution in [3.63, 3.8) is 0 Å². The summed E-state index contributed by atoms with van der Waals surface area (Å²) in [5.74, 6) is 0.282. The number of anilines is 3. The maximum atomic E-state index is 15.1. The SMILES string of the molecule is Fc1cc(Nc2nsc3cc(-c4ncccc4C(F)(F)F)ccc23)ccc1N1C2CCCC1CC2. The fourth-order valence-electron chi connectivity index (χ4n) is 5.48.